The van der Waals surface area contributed by atoms with Gasteiger partial charge in [0.2, 0.25) is 11.8 Å². The monoisotopic (exact) mass is 285 g/mol. The highest BCUT2D eigenvalue weighted by Crippen LogP contribution is 2.20. The Labute approximate surface area is 110 Å². The number of amides is 2. The normalized spacial score (nSPS) is 12.7. The van der Waals surface area contributed by atoms with E-state index in [1.165, 1.54) is 18.2 Å². The third kappa shape index (κ3) is 4.34. The van der Waals surface area contributed by atoms with Gasteiger partial charge in [-0.05, 0) is 12.1 Å². The summed E-state index contributed by atoms with van der Waals surface area (Å²) in [6, 6.07) is 4.79. The minimum atomic E-state index is -3.48. The van der Waals surface area contributed by atoms with Crippen molar-refractivity contribution in [3.63, 3.8) is 0 Å². The predicted octanol–water partition coefficient (Wildman–Crippen LogP) is -0.769. The highest BCUT2D eigenvalue weighted by molar-refractivity contribution is 7.90. The molecule has 0 saturated heterocycles. The molecule has 0 aliphatic heterocycles. The van der Waals surface area contributed by atoms with Crippen LogP contribution in [0.5, 0.6) is 0 Å². The quantitative estimate of drug-likeness (QED) is 0.653. The summed E-state index contributed by atoms with van der Waals surface area (Å²) in [6.07, 6.45) is 0.716. The molecule has 8 heteroatoms. The topological polar surface area (TPSA) is 132 Å². The molecule has 104 valence electrons. The second kappa shape index (κ2) is 5.81. The highest BCUT2D eigenvalue weighted by Gasteiger charge is 2.19. The maximum Gasteiger partial charge on any atom is 0.241 e. The smallest absolute Gasteiger partial charge is 0.241 e. The van der Waals surface area contributed by atoms with Crippen molar-refractivity contribution in [1.82, 2.24) is 0 Å². The molecule has 19 heavy (non-hydrogen) atoms. The number of anilines is 1. The highest BCUT2D eigenvalue weighted by atomic mass is 32.2. The van der Waals surface area contributed by atoms with Crippen LogP contribution in [-0.2, 0) is 19.4 Å². The van der Waals surface area contributed by atoms with Gasteiger partial charge in [0.15, 0.2) is 9.84 Å². The van der Waals surface area contributed by atoms with Crippen molar-refractivity contribution in [1.29, 1.82) is 0 Å². The molecule has 0 aliphatic carbocycles. The Morgan fingerprint density at radius 1 is 1.32 bits per heavy atom. The molecule has 1 atom stereocenters. The van der Waals surface area contributed by atoms with Crippen molar-refractivity contribution in [2.45, 2.75) is 17.4 Å². The summed E-state index contributed by atoms with van der Waals surface area (Å²) in [5.74, 6) is -1.38. The van der Waals surface area contributed by atoms with E-state index in [2.05, 4.69) is 5.32 Å². The number of rotatable bonds is 5. The number of sulfone groups is 1. The van der Waals surface area contributed by atoms with Gasteiger partial charge in [0.1, 0.15) is 0 Å². The van der Waals surface area contributed by atoms with Crippen LogP contribution in [0.2, 0.25) is 0 Å². The van der Waals surface area contributed by atoms with Crippen molar-refractivity contribution < 1.29 is 18.0 Å². The molecule has 0 heterocycles. The molecule has 0 spiro atoms. The van der Waals surface area contributed by atoms with Gasteiger partial charge in [-0.2, -0.15) is 0 Å². The van der Waals surface area contributed by atoms with Crippen LogP contribution in [0.3, 0.4) is 0 Å². The van der Waals surface area contributed by atoms with Gasteiger partial charge in [-0.25, -0.2) is 8.42 Å². The molecule has 1 unspecified atom stereocenters. The molecule has 5 N–H and O–H groups in total. The molecule has 0 saturated carbocycles. The van der Waals surface area contributed by atoms with E-state index in [4.69, 9.17) is 11.5 Å². The van der Waals surface area contributed by atoms with Crippen molar-refractivity contribution >= 4 is 27.3 Å². The second-order valence-corrected chi connectivity index (χ2v) is 6.02. The molecule has 7 nitrogen and oxygen atoms in total. The lowest BCUT2D eigenvalue weighted by molar-refractivity contribution is -0.123. The van der Waals surface area contributed by atoms with Crippen LogP contribution in [0.4, 0.5) is 5.69 Å². The Morgan fingerprint density at radius 3 is 2.42 bits per heavy atom. The molecule has 0 bridgehead atoms. The fourth-order valence-corrected chi connectivity index (χ4v) is 2.27. The summed E-state index contributed by atoms with van der Waals surface area (Å²) in [5, 5.41) is 2.37. The number of carbonyl (C=O) groups excluding carboxylic acids is 2. The molecule has 0 aromatic heterocycles. The summed E-state index contributed by atoms with van der Waals surface area (Å²) in [6.45, 7) is 0. The number of hydrogen-bond acceptors (Lipinski definition) is 5. The minimum absolute atomic E-state index is 0.0189. The van der Waals surface area contributed by atoms with Crippen LogP contribution in [0, 0.1) is 0 Å². The van der Waals surface area contributed by atoms with Gasteiger partial charge in [0.25, 0.3) is 0 Å². The number of primary amides is 1. The molecule has 0 aliphatic rings. The molecule has 0 fully saturated rings. The zero-order chi connectivity index (χ0) is 14.6. The van der Waals surface area contributed by atoms with Crippen LogP contribution in [-0.4, -0.2) is 32.5 Å². The molecular weight excluding hydrogens is 270 g/mol. The third-order valence-corrected chi connectivity index (χ3v) is 3.46. The fourth-order valence-electron chi connectivity index (χ4n) is 1.43. The van der Waals surface area contributed by atoms with Gasteiger partial charge >= 0.3 is 0 Å². The van der Waals surface area contributed by atoms with E-state index in [1.54, 1.807) is 6.07 Å². The number of benzene rings is 1. The molecule has 1 aromatic carbocycles. The van der Waals surface area contributed by atoms with Crippen LogP contribution in [0.1, 0.15) is 6.42 Å². The molecular formula is C11H15N3O4S. The zero-order valence-electron chi connectivity index (χ0n) is 10.3. The lowest BCUT2D eigenvalue weighted by atomic mass is 10.2. The van der Waals surface area contributed by atoms with E-state index < -0.39 is 27.7 Å². The van der Waals surface area contributed by atoms with Gasteiger partial charge in [0.05, 0.1) is 23.0 Å². The van der Waals surface area contributed by atoms with Crippen molar-refractivity contribution in [3.8, 4) is 0 Å². The maximum atomic E-state index is 11.7. The first-order valence-corrected chi connectivity index (χ1v) is 7.25. The van der Waals surface area contributed by atoms with Crippen LogP contribution in [0.15, 0.2) is 29.2 Å². The standard InChI is InChI=1S/C11H15N3O4S/c1-19(17,18)9-5-3-2-4-8(9)14-11(16)7(12)6-10(13)15/h2-5,7H,6,12H2,1H3,(H2,13,15)(H,14,16). The Hall–Kier alpha value is -1.93. The zero-order valence-corrected chi connectivity index (χ0v) is 11.1. The Kier molecular flexibility index (Phi) is 4.62. The Balaban J connectivity index is 2.95. The first kappa shape index (κ1) is 15.1. The fraction of sp³-hybridized carbons (Fsp3) is 0.273. The lowest BCUT2D eigenvalue weighted by Crippen LogP contribution is -2.39. The summed E-state index contributed by atoms with van der Waals surface area (Å²) in [4.78, 5) is 22.3. The van der Waals surface area contributed by atoms with Crippen molar-refractivity contribution in [2.24, 2.45) is 11.5 Å². The largest absolute Gasteiger partial charge is 0.370 e. The molecule has 0 radical (unpaired) electrons. The first-order valence-electron chi connectivity index (χ1n) is 5.35. The average Bonchev–Trinajstić information content (AvgIpc) is 2.27. The molecule has 1 aromatic rings. The van der Waals surface area contributed by atoms with E-state index in [-0.39, 0.29) is 17.0 Å². The lowest BCUT2D eigenvalue weighted by Gasteiger charge is -2.13. The first-order chi connectivity index (χ1) is 8.71. The summed E-state index contributed by atoms with van der Waals surface area (Å²) in [5.41, 5.74) is 10.5. The average molecular weight is 285 g/mol. The molecule has 1 rings (SSSR count). The third-order valence-electron chi connectivity index (χ3n) is 2.30. The predicted molar refractivity (Wildman–Crippen MR) is 70.0 cm³/mol. The van der Waals surface area contributed by atoms with E-state index in [0.29, 0.717) is 0 Å². The van der Waals surface area contributed by atoms with E-state index in [1.807, 2.05) is 0 Å². The van der Waals surface area contributed by atoms with Gasteiger partial charge in [-0.3, -0.25) is 9.59 Å². The summed E-state index contributed by atoms with van der Waals surface area (Å²) in [7, 11) is -3.48. The Bertz CT molecular complexity index is 598. The Morgan fingerprint density at radius 2 is 1.89 bits per heavy atom. The van der Waals surface area contributed by atoms with Crippen molar-refractivity contribution in [3.05, 3.63) is 24.3 Å². The SMILES string of the molecule is CS(=O)(=O)c1ccccc1NC(=O)C(N)CC(N)=O. The van der Waals surface area contributed by atoms with Gasteiger partial charge in [0, 0.05) is 6.26 Å². The number of nitrogens with two attached hydrogens (primary N) is 2. The summed E-state index contributed by atoms with van der Waals surface area (Å²) < 4.78 is 23.1. The van der Waals surface area contributed by atoms with Crippen LogP contribution < -0.4 is 16.8 Å². The number of hydrogen-bond donors (Lipinski definition) is 3. The van der Waals surface area contributed by atoms with Crippen molar-refractivity contribution in [2.75, 3.05) is 11.6 Å². The second-order valence-electron chi connectivity index (χ2n) is 4.03. The molecule has 2 amide bonds. The van der Waals surface area contributed by atoms with Gasteiger partial charge < -0.3 is 16.8 Å². The van der Waals surface area contributed by atoms with E-state index >= 15 is 0 Å². The summed E-state index contributed by atoms with van der Waals surface area (Å²) >= 11 is 0. The minimum Gasteiger partial charge on any atom is -0.370 e. The number of carbonyl (C=O) groups is 2. The number of para-hydroxylation sites is 1. The van der Waals surface area contributed by atoms with Crippen LogP contribution in [0.25, 0.3) is 0 Å². The van der Waals surface area contributed by atoms with Crippen LogP contribution >= 0.6 is 0 Å². The van der Waals surface area contributed by atoms with E-state index in [9.17, 15) is 18.0 Å². The van der Waals surface area contributed by atoms with Gasteiger partial charge in [-0.15, -0.1) is 0 Å². The van der Waals surface area contributed by atoms with Gasteiger partial charge in [-0.1, -0.05) is 12.1 Å². The maximum absolute atomic E-state index is 11.7. The number of nitrogens with one attached hydrogen (secondary N) is 1. The van der Waals surface area contributed by atoms with E-state index in [0.717, 1.165) is 6.26 Å².